The minimum Gasteiger partial charge on any atom is -0.292 e. The number of nitrogens with zero attached hydrogens (tertiary/aromatic N) is 2. The Hall–Kier alpha value is -3.13. The highest BCUT2D eigenvalue weighted by Gasteiger charge is 2.29. The van der Waals surface area contributed by atoms with Gasteiger partial charge in [0.2, 0.25) is 0 Å². The molecule has 2 nitrogen and oxygen atoms in total. The van der Waals surface area contributed by atoms with Gasteiger partial charge in [0.25, 0.3) is 0 Å². The first-order valence-electron chi connectivity index (χ1n) is 11.9. The molecule has 0 atom stereocenters. The van der Waals surface area contributed by atoms with Crippen molar-refractivity contribution >= 4 is 27.3 Å². The molecule has 0 N–H and O–H groups in total. The van der Waals surface area contributed by atoms with E-state index in [2.05, 4.69) is 92.0 Å². The van der Waals surface area contributed by atoms with Crippen LogP contribution >= 0.6 is 0 Å². The molecule has 1 aliphatic carbocycles. The molecule has 2 heterocycles. The van der Waals surface area contributed by atoms with Crippen LogP contribution in [0.3, 0.4) is 0 Å². The van der Waals surface area contributed by atoms with E-state index in [0.717, 1.165) is 5.65 Å². The Balaban J connectivity index is 1.66. The second-order valence-electron chi connectivity index (χ2n) is 10.2. The first kappa shape index (κ1) is 19.5. The molecule has 1 fully saturated rings. The zero-order valence-corrected chi connectivity index (χ0v) is 19.3. The van der Waals surface area contributed by atoms with Gasteiger partial charge in [0.1, 0.15) is 5.65 Å². The molecule has 0 bridgehead atoms. The summed E-state index contributed by atoms with van der Waals surface area (Å²) in [6, 6.07) is 22.4. The smallest absolute Gasteiger partial charge is 0.145 e. The number of pyridine rings is 1. The Morgan fingerprint density at radius 2 is 1.56 bits per heavy atom. The maximum Gasteiger partial charge on any atom is 0.145 e. The summed E-state index contributed by atoms with van der Waals surface area (Å²) in [6.07, 6.45) is 8.68. The minimum atomic E-state index is 0.450. The molecular formula is C30H30N2. The molecule has 0 spiro atoms. The van der Waals surface area contributed by atoms with Crippen molar-refractivity contribution in [1.29, 1.82) is 0 Å². The highest BCUT2D eigenvalue weighted by molar-refractivity contribution is 6.12. The number of aromatic nitrogens is 2. The minimum absolute atomic E-state index is 0.450. The fraction of sp³-hybridized carbons (Fsp3) is 0.300. The molecule has 0 amide bonds. The first-order valence-corrected chi connectivity index (χ1v) is 11.9. The van der Waals surface area contributed by atoms with Gasteiger partial charge >= 0.3 is 0 Å². The zero-order valence-electron chi connectivity index (χ0n) is 19.3. The average Bonchev–Trinajstić information content (AvgIpc) is 3.41. The third-order valence-corrected chi connectivity index (χ3v) is 7.70. The summed E-state index contributed by atoms with van der Waals surface area (Å²) < 4.78 is 2.38. The van der Waals surface area contributed by atoms with Gasteiger partial charge in [0.15, 0.2) is 0 Å². The first-order chi connectivity index (χ1) is 15.5. The molecule has 32 heavy (non-hydrogen) atoms. The Bertz CT molecular complexity index is 1460. The van der Waals surface area contributed by atoms with Crippen molar-refractivity contribution in [2.45, 2.75) is 52.9 Å². The zero-order chi connectivity index (χ0) is 21.9. The second kappa shape index (κ2) is 7.20. The van der Waals surface area contributed by atoms with Crippen LogP contribution in [0.1, 0.15) is 49.3 Å². The molecule has 160 valence electrons. The van der Waals surface area contributed by atoms with E-state index in [1.165, 1.54) is 81.7 Å². The Morgan fingerprint density at radius 3 is 2.31 bits per heavy atom. The van der Waals surface area contributed by atoms with E-state index >= 15 is 0 Å². The SMILES string of the molecule is Cc1cccc(C)c1-c1cnc2c3ccccc3c3cc(CC4(C)CCCC4)ccc3n12. The number of rotatable bonds is 3. The lowest BCUT2D eigenvalue weighted by Gasteiger charge is -2.24. The Labute approximate surface area is 189 Å². The number of benzene rings is 3. The van der Waals surface area contributed by atoms with Crippen LogP contribution in [0, 0.1) is 19.3 Å². The van der Waals surface area contributed by atoms with Gasteiger partial charge in [-0.3, -0.25) is 4.40 Å². The molecule has 0 aliphatic heterocycles. The van der Waals surface area contributed by atoms with E-state index < -0.39 is 0 Å². The Morgan fingerprint density at radius 1 is 0.844 bits per heavy atom. The lowest BCUT2D eigenvalue weighted by Crippen LogP contribution is -2.14. The van der Waals surface area contributed by atoms with Crippen LogP contribution < -0.4 is 0 Å². The van der Waals surface area contributed by atoms with E-state index in [1.54, 1.807) is 0 Å². The number of fused-ring (bicyclic) bond motifs is 6. The van der Waals surface area contributed by atoms with Crippen LogP contribution in [-0.4, -0.2) is 9.38 Å². The van der Waals surface area contributed by atoms with Crippen LogP contribution in [0.5, 0.6) is 0 Å². The average molecular weight is 419 g/mol. The largest absolute Gasteiger partial charge is 0.292 e. The summed E-state index contributed by atoms with van der Waals surface area (Å²) in [6.45, 7) is 6.87. The standard InChI is InChI=1S/C30H30N2/c1-20-9-8-10-21(2)28(20)27-19-31-29-24-12-5-4-11-23(24)25-17-22(13-14-26(25)32(27)29)18-30(3)15-6-7-16-30/h4-5,8-14,17,19H,6-7,15-16,18H2,1-3H3. The van der Waals surface area contributed by atoms with Crippen molar-refractivity contribution in [3.05, 3.63) is 83.6 Å². The molecule has 0 radical (unpaired) electrons. The van der Waals surface area contributed by atoms with Crippen LogP contribution in [0.15, 0.2) is 66.9 Å². The lowest BCUT2D eigenvalue weighted by molar-refractivity contribution is 0.335. The van der Waals surface area contributed by atoms with Gasteiger partial charge < -0.3 is 0 Å². The predicted octanol–water partition coefficient (Wildman–Crippen LogP) is 8.05. The van der Waals surface area contributed by atoms with Gasteiger partial charge in [0.05, 0.1) is 17.4 Å². The third-order valence-electron chi connectivity index (χ3n) is 7.70. The van der Waals surface area contributed by atoms with Gasteiger partial charge in [-0.2, -0.15) is 0 Å². The van der Waals surface area contributed by atoms with E-state index in [-0.39, 0.29) is 0 Å². The summed E-state index contributed by atoms with van der Waals surface area (Å²) in [5.41, 5.74) is 9.25. The fourth-order valence-corrected chi connectivity index (χ4v) is 6.10. The van der Waals surface area contributed by atoms with Crippen molar-refractivity contribution in [3.63, 3.8) is 0 Å². The highest BCUT2D eigenvalue weighted by atomic mass is 15.0. The monoisotopic (exact) mass is 418 g/mol. The molecule has 0 unspecified atom stereocenters. The third kappa shape index (κ3) is 2.97. The molecule has 1 aliphatic rings. The van der Waals surface area contributed by atoms with E-state index in [9.17, 15) is 0 Å². The summed E-state index contributed by atoms with van der Waals surface area (Å²) in [4.78, 5) is 4.94. The summed E-state index contributed by atoms with van der Waals surface area (Å²) in [5.74, 6) is 0. The van der Waals surface area contributed by atoms with Crippen molar-refractivity contribution in [2.24, 2.45) is 5.41 Å². The number of hydrogen-bond acceptors (Lipinski definition) is 1. The molecule has 2 heteroatoms. The molecule has 6 rings (SSSR count). The van der Waals surface area contributed by atoms with Crippen LogP contribution in [0.2, 0.25) is 0 Å². The van der Waals surface area contributed by atoms with Gasteiger partial charge in [-0.25, -0.2) is 4.98 Å². The molecule has 5 aromatic rings. The Kier molecular flexibility index (Phi) is 4.40. The number of imidazole rings is 1. The normalized spacial score (nSPS) is 15.8. The van der Waals surface area contributed by atoms with Crippen molar-refractivity contribution in [3.8, 4) is 11.3 Å². The van der Waals surface area contributed by atoms with Crippen molar-refractivity contribution in [1.82, 2.24) is 9.38 Å². The molecule has 3 aromatic carbocycles. The molecule has 2 aromatic heterocycles. The second-order valence-corrected chi connectivity index (χ2v) is 10.2. The van der Waals surface area contributed by atoms with Gasteiger partial charge in [-0.05, 0) is 72.7 Å². The van der Waals surface area contributed by atoms with Gasteiger partial charge in [-0.15, -0.1) is 0 Å². The summed E-state index contributed by atoms with van der Waals surface area (Å²) in [5, 5.41) is 3.85. The maximum absolute atomic E-state index is 4.94. The van der Waals surface area contributed by atoms with Crippen molar-refractivity contribution in [2.75, 3.05) is 0 Å². The predicted molar refractivity (Wildman–Crippen MR) is 135 cm³/mol. The van der Waals surface area contributed by atoms with Gasteiger partial charge in [0, 0.05) is 16.3 Å². The quantitative estimate of drug-likeness (QED) is 0.271. The molecule has 0 saturated heterocycles. The topological polar surface area (TPSA) is 17.3 Å². The lowest BCUT2D eigenvalue weighted by atomic mass is 9.82. The maximum atomic E-state index is 4.94. The number of hydrogen-bond donors (Lipinski definition) is 0. The highest BCUT2D eigenvalue weighted by Crippen LogP contribution is 2.41. The van der Waals surface area contributed by atoms with E-state index in [0.29, 0.717) is 5.41 Å². The van der Waals surface area contributed by atoms with Crippen molar-refractivity contribution < 1.29 is 0 Å². The van der Waals surface area contributed by atoms with Crippen LogP contribution in [0.4, 0.5) is 0 Å². The van der Waals surface area contributed by atoms with Crippen LogP contribution in [0.25, 0.3) is 38.6 Å². The summed E-state index contributed by atoms with van der Waals surface area (Å²) in [7, 11) is 0. The number of aryl methyl sites for hydroxylation is 2. The van der Waals surface area contributed by atoms with E-state index in [1.807, 2.05) is 0 Å². The molecule has 1 saturated carbocycles. The molecular weight excluding hydrogens is 388 g/mol. The fourth-order valence-electron chi connectivity index (χ4n) is 6.10. The van der Waals surface area contributed by atoms with E-state index in [4.69, 9.17) is 4.98 Å². The van der Waals surface area contributed by atoms with Crippen LogP contribution in [-0.2, 0) is 6.42 Å². The van der Waals surface area contributed by atoms with Gasteiger partial charge in [-0.1, -0.05) is 68.3 Å². The summed E-state index contributed by atoms with van der Waals surface area (Å²) >= 11 is 0.